The summed E-state index contributed by atoms with van der Waals surface area (Å²) in [5.74, 6) is 1.84. The number of piperidine rings is 1. The van der Waals surface area contributed by atoms with Gasteiger partial charge in [0, 0.05) is 52.4 Å². The lowest BCUT2D eigenvalue weighted by molar-refractivity contribution is -0.0361. The number of anilines is 1. The van der Waals surface area contributed by atoms with Crippen LogP contribution in [0.5, 0.6) is 0 Å². The highest BCUT2D eigenvalue weighted by molar-refractivity contribution is 5.83. The first-order valence-electron chi connectivity index (χ1n) is 6.63. The Morgan fingerprint density at radius 2 is 1.89 bits per heavy atom. The summed E-state index contributed by atoms with van der Waals surface area (Å²) in [4.78, 5) is 18.6. The third kappa shape index (κ3) is 2.34. The zero-order chi connectivity index (χ0) is 13.3. The van der Waals surface area contributed by atoms with Crippen molar-refractivity contribution in [1.82, 2.24) is 14.9 Å². The fourth-order valence-corrected chi connectivity index (χ4v) is 2.58. The van der Waals surface area contributed by atoms with Crippen molar-refractivity contribution in [2.75, 3.05) is 32.1 Å². The first-order valence-corrected chi connectivity index (χ1v) is 6.63. The molecule has 19 heavy (non-hydrogen) atoms. The van der Waals surface area contributed by atoms with Crippen LogP contribution in [0.4, 0.5) is 5.95 Å². The lowest BCUT2D eigenvalue weighted by Crippen LogP contribution is -2.45. The van der Waals surface area contributed by atoms with E-state index in [0.29, 0.717) is 0 Å². The molecule has 1 fully saturated rings. The minimum absolute atomic E-state index is 0.106. The van der Waals surface area contributed by atoms with E-state index in [4.69, 9.17) is 4.84 Å². The van der Waals surface area contributed by atoms with Gasteiger partial charge in [0.05, 0.1) is 6.42 Å². The Morgan fingerprint density at radius 1 is 1.21 bits per heavy atom. The Balaban J connectivity index is 1.62. The Bertz CT molecular complexity index is 465. The van der Waals surface area contributed by atoms with Crippen LogP contribution in [0.25, 0.3) is 0 Å². The van der Waals surface area contributed by atoms with Crippen LogP contribution in [0.3, 0.4) is 0 Å². The fraction of sp³-hybridized carbons (Fsp3) is 0.615. The molecule has 1 aromatic heterocycles. The normalized spacial score (nSPS) is 21.2. The minimum atomic E-state index is -0.106. The van der Waals surface area contributed by atoms with Crippen molar-refractivity contribution in [3.8, 4) is 0 Å². The lowest BCUT2D eigenvalue weighted by atomic mass is 9.88. The van der Waals surface area contributed by atoms with Crippen molar-refractivity contribution in [3.63, 3.8) is 0 Å². The molecule has 0 radical (unpaired) electrons. The number of nitrogens with zero attached hydrogens (tertiary/aromatic N) is 5. The van der Waals surface area contributed by atoms with Crippen molar-refractivity contribution in [3.05, 3.63) is 18.5 Å². The molecule has 0 unspecified atom stereocenters. The van der Waals surface area contributed by atoms with Crippen LogP contribution >= 0.6 is 0 Å². The van der Waals surface area contributed by atoms with E-state index >= 15 is 0 Å². The second kappa shape index (κ2) is 4.68. The van der Waals surface area contributed by atoms with Crippen LogP contribution in [0.1, 0.15) is 19.3 Å². The Morgan fingerprint density at radius 3 is 2.47 bits per heavy atom. The third-order valence-corrected chi connectivity index (χ3v) is 3.85. The molecular formula is C13H19N5O. The summed E-state index contributed by atoms with van der Waals surface area (Å²) < 4.78 is 0. The molecule has 3 rings (SSSR count). The van der Waals surface area contributed by atoms with Crippen LogP contribution < -0.4 is 4.90 Å². The fourth-order valence-electron chi connectivity index (χ4n) is 2.58. The number of amidine groups is 1. The maximum absolute atomic E-state index is 5.72. The van der Waals surface area contributed by atoms with Gasteiger partial charge in [-0.25, -0.2) is 9.97 Å². The van der Waals surface area contributed by atoms with Crippen LogP contribution in [0.15, 0.2) is 23.6 Å². The molecule has 0 saturated carbocycles. The second-order valence-electron chi connectivity index (χ2n) is 5.39. The molecule has 1 saturated heterocycles. The van der Waals surface area contributed by atoms with Gasteiger partial charge in [-0.3, -0.25) is 0 Å². The maximum Gasteiger partial charge on any atom is 0.225 e. The molecule has 6 heteroatoms. The standard InChI is InChI=1S/C13H19N5O/c1-17(2)11-10-13(19-16-11)4-8-18(9-5-13)12-14-6-3-7-15-12/h3,6-7H,4-5,8-10H2,1-2H3. The van der Waals surface area contributed by atoms with Gasteiger partial charge in [-0.05, 0) is 6.07 Å². The van der Waals surface area contributed by atoms with Crippen LogP contribution in [-0.2, 0) is 4.84 Å². The van der Waals surface area contributed by atoms with Gasteiger partial charge in [0.25, 0.3) is 0 Å². The Kier molecular flexibility index (Phi) is 3.00. The summed E-state index contributed by atoms with van der Waals surface area (Å²) in [6.07, 6.45) is 6.40. The molecule has 2 aliphatic heterocycles. The van der Waals surface area contributed by atoms with E-state index in [9.17, 15) is 0 Å². The largest absolute Gasteiger partial charge is 0.387 e. The van der Waals surface area contributed by atoms with Gasteiger partial charge in [0.15, 0.2) is 0 Å². The first-order chi connectivity index (χ1) is 9.19. The van der Waals surface area contributed by atoms with E-state index in [1.807, 2.05) is 25.1 Å². The first kappa shape index (κ1) is 12.2. The number of aromatic nitrogens is 2. The average Bonchev–Trinajstić information content (AvgIpc) is 2.85. The Hall–Kier alpha value is -1.85. The molecule has 0 atom stereocenters. The smallest absolute Gasteiger partial charge is 0.225 e. The summed E-state index contributed by atoms with van der Waals surface area (Å²) in [7, 11) is 4.02. The lowest BCUT2D eigenvalue weighted by Gasteiger charge is -2.37. The predicted molar refractivity (Wildman–Crippen MR) is 73.0 cm³/mol. The van der Waals surface area contributed by atoms with Crippen molar-refractivity contribution in [2.45, 2.75) is 24.9 Å². The molecule has 0 N–H and O–H groups in total. The van der Waals surface area contributed by atoms with Crippen LogP contribution in [-0.4, -0.2) is 53.5 Å². The predicted octanol–water partition coefficient (Wildman–Crippen LogP) is 1.11. The molecule has 1 spiro atoms. The highest BCUT2D eigenvalue weighted by Crippen LogP contribution is 2.35. The summed E-state index contributed by atoms with van der Waals surface area (Å²) in [6.45, 7) is 1.83. The highest BCUT2D eigenvalue weighted by atomic mass is 16.7. The minimum Gasteiger partial charge on any atom is -0.387 e. The summed E-state index contributed by atoms with van der Waals surface area (Å²) in [5.41, 5.74) is -0.106. The van der Waals surface area contributed by atoms with Gasteiger partial charge >= 0.3 is 0 Å². The van der Waals surface area contributed by atoms with Crippen molar-refractivity contribution < 1.29 is 4.84 Å². The van der Waals surface area contributed by atoms with Gasteiger partial charge in [0.1, 0.15) is 11.4 Å². The van der Waals surface area contributed by atoms with E-state index in [-0.39, 0.29) is 5.60 Å². The summed E-state index contributed by atoms with van der Waals surface area (Å²) in [5, 5.41) is 4.20. The monoisotopic (exact) mass is 261 g/mol. The van der Waals surface area contributed by atoms with Gasteiger partial charge in [-0.2, -0.15) is 0 Å². The topological polar surface area (TPSA) is 53.9 Å². The summed E-state index contributed by atoms with van der Waals surface area (Å²) in [6, 6.07) is 1.84. The van der Waals surface area contributed by atoms with Crippen molar-refractivity contribution in [1.29, 1.82) is 0 Å². The Labute approximate surface area is 113 Å². The van der Waals surface area contributed by atoms with Gasteiger partial charge in [0.2, 0.25) is 5.95 Å². The molecule has 0 amide bonds. The molecular weight excluding hydrogens is 242 g/mol. The zero-order valence-electron chi connectivity index (χ0n) is 11.4. The maximum atomic E-state index is 5.72. The van der Waals surface area contributed by atoms with Crippen LogP contribution in [0.2, 0.25) is 0 Å². The van der Waals surface area contributed by atoms with E-state index < -0.39 is 0 Å². The van der Waals surface area contributed by atoms with E-state index in [1.165, 1.54) is 0 Å². The molecule has 0 aromatic carbocycles. The molecule has 6 nitrogen and oxygen atoms in total. The quantitative estimate of drug-likeness (QED) is 0.758. The molecule has 2 aliphatic rings. The molecule has 0 bridgehead atoms. The molecule has 1 aromatic rings. The SMILES string of the molecule is CN(C)C1=NOC2(CCN(c3ncccn3)CC2)C1. The molecule has 0 aliphatic carbocycles. The van der Waals surface area contributed by atoms with Crippen molar-refractivity contribution >= 4 is 11.8 Å². The molecule has 3 heterocycles. The average molecular weight is 261 g/mol. The van der Waals surface area contributed by atoms with Crippen molar-refractivity contribution in [2.24, 2.45) is 5.16 Å². The molecule has 102 valence electrons. The third-order valence-electron chi connectivity index (χ3n) is 3.85. The van der Waals surface area contributed by atoms with Gasteiger partial charge in [-0.1, -0.05) is 5.16 Å². The van der Waals surface area contributed by atoms with E-state index in [2.05, 4.69) is 20.0 Å². The van der Waals surface area contributed by atoms with Crippen LogP contribution in [0, 0.1) is 0 Å². The second-order valence-corrected chi connectivity index (χ2v) is 5.39. The summed E-state index contributed by atoms with van der Waals surface area (Å²) >= 11 is 0. The van der Waals surface area contributed by atoms with E-state index in [1.54, 1.807) is 12.4 Å². The number of hydrogen-bond donors (Lipinski definition) is 0. The van der Waals surface area contributed by atoms with Gasteiger partial charge in [-0.15, -0.1) is 0 Å². The zero-order valence-corrected chi connectivity index (χ0v) is 11.4. The van der Waals surface area contributed by atoms with Gasteiger partial charge < -0.3 is 14.6 Å². The van der Waals surface area contributed by atoms with E-state index in [0.717, 1.165) is 44.1 Å². The number of oxime groups is 1. The number of hydrogen-bond acceptors (Lipinski definition) is 6. The highest BCUT2D eigenvalue weighted by Gasteiger charge is 2.42. The number of rotatable bonds is 1.